The lowest BCUT2D eigenvalue weighted by molar-refractivity contribution is 0.506. The Balaban J connectivity index is 0.000000135. The SMILES string of the molecule is CC1(C)CN=C(c2ccc(C#Cc3c(N)cnc4c(Cl)cccc34)cc2)N1.Cc1ccc2ccc(C#Cc3ccc(C4=NCC(C)(C)N4)cc3)cc2n1.Cc1ccc2cnc(N)c(C#Cc3ccc(C4=NCC(C)(C)N4)cc3)c2c1. The van der Waals surface area contributed by atoms with Gasteiger partial charge in [-0.15, -0.1) is 0 Å². The molecule has 0 unspecified atom stereocenters. The standard InChI is InChI=1S/C23H22N4.C23H21N3.C22H19ClN4/c1-15-4-8-18-13-25-21(24)19(20(18)12-15)11-7-16-5-9-17(10-6-16)22-26-14-23(2,3)27-22;1-16-4-10-19-11-9-18(14-21(19)25-16)6-5-17-7-12-20(13-8-17)22-24-15-23(2,3)26-22;1-22(2)13-26-21(27-22)15-9-6-14(7-10-15)8-11-16-17-4-3-5-18(23)20(17)25-12-19(16)24/h4-6,8-10,12-13H,14H2,1-3H3,(H2,24,25)(H,26,27);4,7-14H,15H2,1-3H3,(H,24,26);3-7,9-10,12H,13,24H2,1-2H3,(H,26,27). The number of hydrogen-bond acceptors (Lipinski definition) is 11. The Morgan fingerprint density at radius 3 is 1.48 bits per heavy atom. The summed E-state index contributed by atoms with van der Waals surface area (Å²) in [5, 5.41) is 15.0. The van der Waals surface area contributed by atoms with Crippen LogP contribution < -0.4 is 27.4 Å². The number of hydrogen-bond donors (Lipinski definition) is 5. The lowest BCUT2D eigenvalue weighted by Crippen LogP contribution is -2.39. The van der Waals surface area contributed by atoms with E-state index in [2.05, 4.69) is 166 Å². The normalized spacial score (nSPS) is 15.0. The van der Waals surface area contributed by atoms with Crippen molar-refractivity contribution >= 4 is 73.2 Å². The van der Waals surface area contributed by atoms with Crippen molar-refractivity contribution < 1.29 is 0 Å². The highest BCUT2D eigenvalue weighted by Gasteiger charge is 2.27. The second-order valence-corrected chi connectivity index (χ2v) is 22.6. The number of nitrogens with one attached hydrogen (secondary N) is 3. The van der Waals surface area contributed by atoms with Gasteiger partial charge in [-0.25, -0.2) is 4.98 Å². The van der Waals surface area contributed by atoms with Gasteiger partial charge in [-0.1, -0.05) is 125 Å². The number of benzene rings is 6. The van der Waals surface area contributed by atoms with E-state index < -0.39 is 0 Å². The molecule has 7 N–H and O–H groups in total. The van der Waals surface area contributed by atoms with E-state index in [1.165, 1.54) is 5.56 Å². The Hall–Kier alpha value is -9.47. The van der Waals surface area contributed by atoms with Crippen LogP contribution in [0.4, 0.5) is 11.5 Å². The fraction of sp³-hybridized carbons (Fsp3) is 0.206. The largest absolute Gasteiger partial charge is 0.396 e. The van der Waals surface area contributed by atoms with Crippen molar-refractivity contribution in [3.63, 3.8) is 0 Å². The summed E-state index contributed by atoms with van der Waals surface area (Å²) in [6, 6.07) is 46.5. The van der Waals surface area contributed by atoms with Crippen LogP contribution in [0.3, 0.4) is 0 Å². The number of nitrogens with zero attached hydrogens (tertiary/aromatic N) is 6. The zero-order chi connectivity index (χ0) is 56.2. The molecule has 6 aromatic carbocycles. The Kier molecular flexibility index (Phi) is 15.1. The molecule has 0 amide bonds. The first kappa shape index (κ1) is 53.9. The van der Waals surface area contributed by atoms with Gasteiger partial charge in [0.15, 0.2) is 0 Å². The molecule has 0 aliphatic carbocycles. The first-order valence-corrected chi connectivity index (χ1v) is 26.9. The molecule has 3 aromatic heterocycles. The zero-order valence-electron chi connectivity index (χ0n) is 46.3. The van der Waals surface area contributed by atoms with Crippen LogP contribution >= 0.6 is 11.6 Å². The van der Waals surface area contributed by atoms with E-state index in [1.807, 2.05) is 110 Å². The molecule has 9 aromatic rings. The molecule has 80 heavy (non-hydrogen) atoms. The quantitative estimate of drug-likeness (QED) is 0.109. The molecule has 3 aliphatic rings. The van der Waals surface area contributed by atoms with Gasteiger partial charge in [0.2, 0.25) is 0 Å². The van der Waals surface area contributed by atoms with Crippen LogP contribution in [-0.4, -0.2) is 68.7 Å². The lowest BCUT2D eigenvalue weighted by Gasteiger charge is -2.18. The van der Waals surface area contributed by atoms with E-state index in [1.54, 1.807) is 12.4 Å². The third-order valence-electron chi connectivity index (χ3n) is 13.5. The van der Waals surface area contributed by atoms with Crippen molar-refractivity contribution in [2.75, 3.05) is 31.1 Å². The summed E-state index contributed by atoms with van der Waals surface area (Å²) in [5.74, 6) is 22.6. The van der Waals surface area contributed by atoms with Gasteiger partial charge in [0.1, 0.15) is 23.3 Å². The van der Waals surface area contributed by atoms with Gasteiger partial charge in [0.05, 0.1) is 75.3 Å². The summed E-state index contributed by atoms with van der Waals surface area (Å²) in [4.78, 5) is 26.9. The van der Waals surface area contributed by atoms with Gasteiger partial charge >= 0.3 is 0 Å². The second kappa shape index (κ2) is 22.5. The van der Waals surface area contributed by atoms with Crippen LogP contribution in [-0.2, 0) is 0 Å². The maximum atomic E-state index is 6.23. The number of para-hydroxylation sites is 1. The molecule has 0 bridgehead atoms. The maximum Gasteiger partial charge on any atom is 0.139 e. The molecule has 396 valence electrons. The van der Waals surface area contributed by atoms with Gasteiger partial charge < -0.3 is 27.4 Å². The van der Waals surface area contributed by atoms with Crippen LogP contribution in [0.2, 0.25) is 5.02 Å². The van der Waals surface area contributed by atoms with Gasteiger partial charge in [-0.2, -0.15) is 0 Å². The summed E-state index contributed by atoms with van der Waals surface area (Å²) in [7, 11) is 0. The van der Waals surface area contributed by atoms with Crippen LogP contribution in [0.15, 0.2) is 167 Å². The predicted octanol–water partition coefficient (Wildman–Crippen LogP) is 11.7. The van der Waals surface area contributed by atoms with Crippen molar-refractivity contribution in [2.24, 2.45) is 15.0 Å². The number of anilines is 2. The highest BCUT2D eigenvalue weighted by molar-refractivity contribution is 6.35. The number of pyridine rings is 3. The number of nitrogen functional groups attached to an aromatic ring is 2. The molecular formula is C68H62ClN11. The van der Waals surface area contributed by atoms with E-state index in [9.17, 15) is 0 Å². The fourth-order valence-electron chi connectivity index (χ4n) is 9.18. The molecular weight excluding hydrogens is 1010 g/mol. The molecule has 12 rings (SSSR count). The molecule has 0 spiro atoms. The highest BCUT2D eigenvalue weighted by atomic mass is 35.5. The van der Waals surface area contributed by atoms with Crippen LogP contribution in [0.25, 0.3) is 32.6 Å². The van der Waals surface area contributed by atoms with Gasteiger partial charge in [-0.3, -0.25) is 24.9 Å². The maximum absolute atomic E-state index is 6.23. The number of aliphatic imine (C=N–C) groups is 3. The molecule has 0 fully saturated rings. The van der Waals surface area contributed by atoms with Gasteiger partial charge in [0, 0.05) is 72.4 Å². The number of nitrogens with two attached hydrogens (primary N) is 2. The Morgan fingerprint density at radius 1 is 0.475 bits per heavy atom. The smallest absolute Gasteiger partial charge is 0.139 e. The number of halogens is 1. The third kappa shape index (κ3) is 12.9. The zero-order valence-corrected chi connectivity index (χ0v) is 47.0. The average Bonchev–Trinajstić information content (AvgIpc) is 4.15. The second-order valence-electron chi connectivity index (χ2n) is 22.2. The van der Waals surface area contributed by atoms with E-state index in [-0.39, 0.29) is 16.6 Å². The van der Waals surface area contributed by atoms with Crippen molar-refractivity contribution in [1.82, 2.24) is 30.9 Å². The van der Waals surface area contributed by atoms with E-state index in [4.69, 9.17) is 23.1 Å². The van der Waals surface area contributed by atoms with Crippen molar-refractivity contribution in [2.45, 2.75) is 72.0 Å². The monoisotopic (exact) mass is 1070 g/mol. The van der Waals surface area contributed by atoms with Crippen molar-refractivity contribution in [1.29, 1.82) is 0 Å². The number of aryl methyl sites for hydroxylation is 2. The minimum atomic E-state index is 0.00894. The topological polar surface area (TPSA) is 164 Å². The van der Waals surface area contributed by atoms with E-state index in [0.717, 1.165) is 120 Å². The van der Waals surface area contributed by atoms with E-state index >= 15 is 0 Å². The van der Waals surface area contributed by atoms with Gasteiger partial charge in [0.25, 0.3) is 0 Å². The first-order valence-electron chi connectivity index (χ1n) is 26.5. The van der Waals surface area contributed by atoms with Crippen LogP contribution in [0.5, 0.6) is 0 Å². The Bertz CT molecular complexity index is 4040. The summed E-state index contributed by atoms with van der Waals surface area (Å²) >= 11 is 6.23. The molecule has 0 saturated carbocycles. The minimum Gasteiger partial charge on any atom is -0.396 e. The molecule has 12 heteroatoms. The predicted molar refractivity (Wildman–Crippen MR) is 332 cm³/mol. The minimum absolute atomic E-state index is 0.00894. The summed E-state index contributed by atoms with van der Waals surface area (Å²) < 4.78 is 0. The highest BCUT2D eigenvalue weighted by Crippen LogP contribution is 2.28. The summed E-state index contributed by atoms with van der Waals surface area (Å²) in [6.45, 7) is 19.3. The van der Waals surface area contributed by atoms with Crippen LogP contribution in [0, 0.1) is 49.4 Å². The van der Waals surface area contributed by atoms with Gasteiger partial charge in [-0.05, 0) is 122 Å². The Labute approximate surface area is 473 Å². The molecule has 0 radical (unpaired) electrons. The summed E-state index contributed by atoms with van der Waals surface area (Å²) in [6.07, 6.45) is 3.40. The average molecular weight is 1070 g/mol. The molecule has 6 heterocycles. The number of aromatic nitrogens is 3. The molecule has 11 nitrogen and oxygen atoms in total. The molecule has 0 atom stereocenters. The van der Waals surface area contributed by atoms with Crippen LogP contribution in [0.1, 0.15) is 103 Å². The molecule has 3 aliphatic heterocycles. The first-order chi connectivity index (χ1) is 38.3. The van der Waals surface area contributed by atoms with Crippen molar-refractivity contribution in [3.8, 4) is 35.5 Å². The molecule has 0 saturated heterocycles. The van der Waals surface area contributed by atoms with E-state index in [0.29, 0.717) is 22.0 Å². The number of amidine groups is 3. The van der Waals surface area contributed by atoms with Crippen molar-refractivity contribution in [3.05, 3.63) is 218 Å². The fourth-order valence-corrected chi connectivity index (χ4v) is 9.40. The lowest BCUT2D eigenvalue weighted by atomic mass is 10.0. The third-order valence-corrected chi connectivity index (χ3v) is 13.8. The number of fused-ring (bicyclic) bond motifs is 3. The Morgan fingerprint density at radius 2 is 0.950 bits per heavy atom. The summed E-state index contributed by atoms with van der Waals surface area (Å²) in [5.41, 5.74) is 25.3. The number of rotatable bonds is 3.